The maximum absolute atomic E-state index is 12.4. The Kier molecular flexibility index (Phi) is 5.56. The molecule has 6 nitrogen and oxygen atoms in total. The molecule has 0 saturated heterocycles. The van der Waals surface area contributed by atoms with Crippen LogP contribution < -0.4 is 5.32 Å². The predicted octanol–water partition coefficient (Wildman–Crippen LogP) is 3.14. The number of esters is 1. The highest BCUT2D eigenvalue weighted by atomic mass is 32.1. The van der Waals surface area contributed by atoms with Gasteiger partial charge in [-0.25, -0.2) is 4.79 Å². The van der Waals surface area contributed by atoms with Gasteiger partial charge in [-0.3, -0.25) is 4.79 Å². The molecular weight excluding hydrogens is 326 g/mol. The lowest BCUT2D eigenvalue weighted by molar-refractivity contribution is 0.0475. The molecule has 0 saturated carbocycles. The summed E-state index contributed by atoms with van der Waals surface area (Å²) in [6.45, 7) is 9.59. The van der Waals surface area contributed by atoms with E-state index in [4.69, 9.17) is 4.74 Å². The average molecular weight is 347 g/mol. The lowest BCUT2D eigenvalue weighted by Gasteiger charge is -2.07. The van der Waals surface area contributed by atoms with Crippen molar-refractivity contribution in [2.75, 3.05) is 19.0 Å². The highest BCUT2D eigenvalue weighted by Gasteiger charge is 2.22. The molecule has 0 aliphatic carbocycles. The number of carbonyl (C=O) groups is 2. The minimum absolute atomic E-state index is 0.224. The van der Waals surface area contributed by atoms with E-state index in [2.05, 4.69) is 16.3 Å². The van der Waals surface area contributed by atoms with E-state index in [1.165, 1.54) is 11.5 Å². The second kappa shape index (κ2) is 7.44. The number of nitrogens with zero attached hydrogens (tertiary/aromatic N) is 2. The Morgan fingerprint density at radius 1 is 1.42 bits per heavy atom. The Balaban J connectivity index is 2.11. The van der Waals surface area contributed by atoms with Crippen LogP contribution in [0.15, 0.2) is 18.7 Å². The smallest absolute Gasteiger partial charge is 0.343 e. The maximum Gasteiger partial charge on any atom is 0.343 e. The molecule has 0 spiro atoms. The molecule has 2 heterocycles. The van der Waals surface area contributed by atoms with Crippen molar-refractivity contribution in [3.63, 3.8) is 0 Å². The van der Waals surface area contributed by atoms with Gasteiger partial charge < -0.3 is 14.6 Å². The summed E-state index contributed by atoms with van der Waals surface area (Å²) in [5, 5.41) is 3.54. The minimum atomic E-state index is -0.543. The average Bonchev–Trinajstić information content (AvgIpc) is 3.07. The number of anilines is 1. The number of allylic oxidation sites excluding steroid dienone is 1. The third kappa shape index (κ3) is 3.41. The van der Waals surface area contributed by atoms with Gasteiger partial charge in [0.1, 0.15) is 10.6 Å². The van der Waals surface area contributed by atoms with Crippen LogP contribution in [0.4, 0.5) is 5.00 Å². The van der Waals surface area contributed by atoms with Gasteiger partial charge in [0.25, 0.3) is 0 Å². The number of hydrogen-bond donors (Lipinski definition) is 1. The van der Waals surface area contributed by atoms with E-state index in [1.54, 1.807) is 20.0 Å². The fourth-order valence-electron chi connectivity index (χ4n) is 2.56. The number of rotatable bonds is 7. The first-order valence-electron chi connectivity index (χ1n) is 7.52. The molecule has 0 amide bonds. The topological polar surface area (TPSA) is 73.2 Å². The van der Waals surface area contributed by atoms with Crippen LogP contribution >= 0.6 is 11.5 Å². The van der Waals surface area contributed by atoms with Crippen LogP contribution in [0, 0.1) is 20.8 Å². The fourth-order valence-corrected chi connectivity index (χ4v) is 3.29. The van der Waals surface area contributed by atoms with Gasteiger partial charge in [0.15, 0.2) is 6.61 Å². The molecule has 2 rings (SSSR count). The predicted molar refractivity (Wildman–Crippen MR) is 95.1 cm³/mol. The van der Waals surface area contributed by atoms with Crippen LogP contribution in [0.3, 0.4) is 0 Å². The third-order valence-electron chi connectivity index (χ3n) is 3.81. The van der Waals surface area contributed by atoms with E-state index < -0.39 is 5.97 Å². The standard InChI is InChI=1S/C17H21N3O3S/c1-6-7-20-10(2)8-13(12(20)4)14(21)9-23-17(22)15-11(3)19-24-16(15)18-5/h6,8,18H,1,7,9H2,2-5H3. The SMILES string of the molecule is C=CCn1c(C)cc(C(=O)COC(=O)c2c(C)nsc2NC)c1C. The van der Waals surface area contributed by atoms with E-state index >= 15 is 0 Å². The van der Waals surface area contributed by atoms with Crippen LogP contribution in [-0.2, 0) is 11.3 Å². The van der Waals surface area contributed by atoms with Crippen molar-refractivity contribution < 1.29 is 14.3 Å². The van der Waals surface area contributed by atoms with Crippen molar-refractivity contribution in [3.05, 3.63) is 46.9 Å². The Hall–Kier alpha value is -2.41. The second-order valence-corrected chi connectivity index (χ2v) is 6.18. The van der Waals surface area contributed by atoms with E-state index in [9.17, 15) is 9.59 Å². The first-order valence-corrected chi connectivity index (χ1v) is 8.30. The van der Waals surface area contributed by atoms with E-state index in [1.807, 2.05) is 24.5 Å². The number of ketones is 1. The summed E-state index contributed by atoms with van der Waals surface area (Å²) in [4.78, 5) is 24.6. The van der Waals surface area contributed by atoms with Crippen LogP contribution in [-0.4, -0.2) is 34.3 Å². The molecule has 2 aromatic rings. The zero-order valence-corrected chi connectivity index (χ0v) is 15.1. The summed E-state index contributed by atoms with van der Waals surface area (Å²) in [6, 6.07) is 1.81. The van der Waals surface area contributed by atoms with Crippen molar-refractivity contribution in [1.29, 1.82) is 0 Å². The van der Waals surface area contributed by atoms with Crippen molar-refractivity contribution in [1.82, 2.24) is 8.94 Å². The number of carbonyl (C=O) groups excluding carboxylic acids is 2. The largest absolute Gasteiger partial charge is 0.454 e. The van der Waals surface area contributed by atoms with Crippen molar-refractivity contribution >= 4 is 28.3 Å². The monoisotopic (exact) mass is 347 g/mol. The number of hydrogen-bond acceptors (Lipinski definition) is 6. The van der Waals surface area contributed by atoms with Gasteiger partial charge in [0, 0.05) is 30.5 Å². The summed E-state index contributed by atoms with van der Waals surface area (Å²) in [5.41, 5.74) is 3.35. The van der Waals surface area contributed by atoms with Gasteiger partial charge in [-0.1, -0.05) is 6.08 Å². The van der Waals surface area contributed by atoms with Crippen LogP contribution in [0.5, 0.6) is 0 Å². The Morgan fingerprint density at radius 3 is 2.75 bits per heavy atom. The first-order chi connectivity index (χ1) is 11.4. The lowest BCUT2D eigenvalue weighted by atomic mass is 10.1. The van der Waals surface area contributed by atoms with Crippen molar-refractivity contribution in [3.8, 4) is 0 Å². The van der Waals surface area contributed by atoms with Crippen molar-refractivity contribution in [2.45, 2.75) is 27.3 Å². The number of aromatic nitrogens is 2. The first kappa shape index (κ1) is 17.9. The summed E-state index contributed by atoms with van der Waals surface area (Å²) >= 11 is 1.19. The molecule has 0 aliphatic rings. The van der Waals surface area contributed by atoms with Gasteiger partial charge in [-0.2, -0.15) is 4.37 Å². The normalized spacial score (nSPS) is 10.5. The lowest BCUT2D eigenvalue weighted by Crippen LogP contribution is -2.16. The molecule has 0 radical (unpaired) electrons. The molecule has 0 aromatic carbocycles. The van der Waals surface area contributed by atoms with Crippen molar-refractivity contribution in [2.24, 2.45) is 0 Å². The molecule has 2 aromatic heterocycles. The summed E-state index contributed by atoms with van der Waals surface area (Å²) in [5.74, 6) is -0.766. The van der Waals surface area contributed by atoms with Gasteiger partial charge in [0.2, 0.25) is 5.78 Å². The quantitative estimate of drug-likeness (QED) is 0.473. The van der Waals surface area contributed by atoms with Crippen LogP contribution in [0.1, 0.15) is 37.8 Å². The second-order valence-electron chi connectivity index (χ2n) is 5.41. The zero-order chi connectivity index (χ0) is 17.9. The van der Waals surface area contributed by atoms with Gasteiger partial charge in [-0.15, -0.1) is 6.58 Å². The highest BCUT2D eigenvalue weighted by Crippen LogP contribution is 2.24. The maximum atomic E-state index is 12.4. The van der Waals surface area contributed by atoms with Crippen LogP contribution in [0.25, 0.3) is 0 Å². The molecular formula is C17H21N3O3S. The van der Waals surface area contributed by atoms with Crippen LogP contribution in [0.2, 0.25) is 0 Å². The molecule has 0 bridgehead atoms. The highest BCUT2D eigenvalue weighted by molar-refractivity contribution is 7.10. The molecule has 7 heteroatoms. The Morgan fingerprint density at radius 2 is 2.12 bits per heavy atom. The summed E-state index contributed by atoms with van der Waals surface area (Å²) < 4.78 is 11.3. The fraction of sp³-hybridized carbons (Fsp3) is 0.353. The molecule has 24 heavy (non-hydrogen) atoms. The van der Waals surface area contributed by atoms with E-state index in [-0.39, 0.29) is 12.4 Å². The molecule has 0 fully saturated rings. The van der Waals surface area contributed by atoms with E-state index in [0.29, 0.717) is 28.4 Å². The van der Waals surface area contributed by atoms with Gasteiger partial charge in [-0.05, 0) is 38.4 Å². The van der Waals surface area contributed by atoms with E-state index in [0.717, 1.165) is 11.4 Å². The Labute approximate surface area is 145 Å². The number of Topliss-reactive ketones (excluding diaryl/α,β-unsaturated/α-hetero) is 1. The zero-order valence-electron chi connectivity index (χ0n) is 14.3. The van der Waals surface area contributed by atoms with Gasteiger partial charge in [0.05, 0.1) is 5.69 Å². The Bertz CT molecular complexity index is 789. The molecule has 1 N–H and O–H groups in total. The number of nitrogens with one attached hydrogen (secondary N) is 1. The molecule has 0 unspecified atom stereocenters. The summed E-state index contributed by atoms with van der Waals surface area (Å²) in [6.07, 6.45) is 1.78. The molecule has 128 valence electrons. The number of aryl methyl sites for hydroxylation is 2. The minimum Gasteiger partial charge on any atom is -0.454 e. The molecule has 0 aliphatic heterocycles. The van der Waals surface area contributed by atoms with Gasteiger partial charge >= 0.3 is 5.97 Å². The summed E-state index contributed by atoms with van der Waals surface area (Å²) in [7, 11) is 1.71. The molecule has 0 atom stereocenters. The third-order valence-corrected chi connectivity index (χ3v) is 4.77. The number of ether oxygens (including phenoxy) is 1.